The summed E-state index contributed by atoms with van der Waals surface area (Å²) in [6.07, 6.45) is -2.18. The number of hydrogen-bond donors (Lipinski definition) is 0. The number of amides is 1. The maximum Gasteiger partial charge on any atom is 0.421 e. The Balaban J connectivity index is 0.000000309. The summed E-state index contributed by atoms with van der Waals surface area (Å²) < 4.78 is 93.2. The summed E-state index contributed by atoms with van der Waals surface area (Å²) in [5.74, 6) is -1.04. The van der Waals surface area contributed by atoms with Crippen LogP contribution in [0.5, 0.6) is 5.88 Å². The number of aromatic nitrogens is 5. The van der Waals surface area contributed by atoms with Crippen molar-refractivity contribution in [3.05, 3.63) is 95.7 Å². The number of hydrogen-bond acceptors (Lipinski definition) is 7. The third kappa shape index (κ3) is 7.52. The van der Waals surface area contributed by atoms with Gasteiger partial charge >= 0.3 is 12.4 Å². The monoisotopic (exact) mass is 634 g/mol. The molecule has 0 radical (unpaired) electrons. The number of likely N-dealkylation sites (tertiary alicyclic amines) is 1. The number of nitrogens with zero attached hydrogens (tertiary/aromatic N) is 6. The number of piperidine rings is 1. The van der Waals surface area contributed by atoms with Gasteiger partial charge < -0.3 is 9.64 Å². The van der Waals surface area contributed by atoms with Crippen molar-refractivity contribution >= 4 is 5.91 Å². The Hall–Kier alpha value is -4.69. The second-order valence-electron chi connectivity index (χ2n) is 10.5. The smallest absolute Gasteiger partial charge is 0.421 e. The Morgan fingerprint density at radius 1 is 0.844 bits per heavy atom. The third-order valence-electron chi connectivity index (χ3n) is 7.37. The minimum Gasteiger partial charge on any atom is -0.475 e. The van der Waals surface area contributed by atoms with Crippen LogP contribution in [-0.4, -0.2) is 54.9 Å². The number of halogens is 7. The molecular weight excluding hydrogens is 609 g/mol. The van der Waals surface area contributed by atoms with Gasteiger partial charge in [0.1, 0.15) is 23.4 Å². The summed E-state index contributed by atoms with van der Waals surface area (Å²) in [5, 5.41) is 0. The zero-order valence-corrected chi connectivity index (χ0v) is 23.6. The van der Waals surface area contributed by atoms with Crippen LogP contribution < -0.4 is 4.74 Å². The summed E-state index contributed by atoms with van der Waals surface area (Å²) in [6.45, 7) is 2.22. The van der Waals surface area contributed by atoms with E-state index in [1.54, 1.807) is 42.4 Å². The molecule has 236 valence electrons. The molecule has 0 aromatic carbocycles. The van der Waals surface area contributed by atoms with E-state index in [0.29, 0.717) is 47.9 Å². The molecule has 0 N–H and O–H groups in total. The molecule has 1 aliphatic heterocycles. The lowest BCUT2D eigenvalue weighted by Crippen LogP contribution is -2.48. The van der Waals surface area contributed by atoms with Crippen LogP contribution in [0.1, 0.15) is 40.2 Å². The van der Waals surface area contributed by atoms with Crippen LogP contribution >= 0.6 is 0 Å². The molecule has 1 amide bonds. The summed E-state index contributed by atoms with van der Waals surface area (Å²) in [6, 6.07) is 8.67. The van der Waals surface area contributed by atoms with Crippen molar-refractivity contribution in [3.8, 4) is 17.3 Å². The predicted molar refractivity (Wildman–Crippen MR) is 145 cm³/mol. The fourth-order valence-electron chi connectivity index (χ4n) is 5.08. The molecule has 1 saturated carbocycles. The van der Waals surface area contributed by atoms with Gasteiger partial charge in [-0.25, -0.2) is 24.9 Å². The zero-order chi connectivity index (χ0) is 32.4. The number of ether oxygens (including phenoxy) is 1. The molecule has 4 aromatic heterocycles. The highest BCUT2D eigenvalue weighted by Gasteiger charge is 2.48. The lowest BCUT2D eigenvalue weighted by atomic mass is 10.0. The molecule has 6 rings (SSSR count). The van der Waals surface area contributed by atoms with E-state index in [1.807, 2.05) is 0 Å². The SMILES string of the molecule is Cc1ccc(-c2ncccn2)c(C(=O)N2C[C@@H]3C[C@@H]3C[C@H]2COc2ncccc2C(F)(F)F)n1.Fc1ncccc1C(F)(F)F. The number of aryl methyl sites for hydroxylation is 1. The molecule has 0 unspecified atom stereocenters. The summed E-state index contributed by atoms with van der Waals surface area (Å²) in [5.41, 5.74) is -0.862. The fraction of sp³-hybridized carbons (Fsp3) is 0.333. The number of pyridine rings is 3. The van der Waals surface area contributed by atoms with Gasteiger partial charge in [0.2, 0.25) is 11.8 Å². The molecule has 0 bridgehead atoms. The van der Waals surface area contributed by atoms with E-state index in [9.17, 15) is 35.5 Å². The van der Waals surface area contributed by atoms with Crippen molar-refractivity contribution in [2.24, 2.45) is 11.8 Å². The normalized spacial score (nSPS) is 19.2. The van der Waals surface area contributed by atoms with Crippen molar-refractivity contribution < 1.29 is 40.3 Å². The van der Waals surface area contributed by atoms with E-state index >= 15 is 0 Å². The highest BCUT2D eigenvalue weighted by atomic mass is 19.4. The molecule has 8 nitrogen and oxygen atoms in total. The molecular formula is C30H25F7N6O2. The predicted octanol–water partition coefficient (Wildman–Crippen LogP) is 6.43. The molecule has 5 heterocycles. The minimum atomic E-state index is -4.65. The highest BCUT2D eigenvalue weighted by Crippen LogP contribution is 2.47. The van der Waals surface area contributed by atoms with Crippen LogP contribution in [0.4, 0.5) is 30.7 Å². The van der Waals surface area contributed by atoms with Crippen molar-refractivity contribution in [3.63, 3.8) is 0 Å². The fourth-order valence-corrected chi connectivity index (χ4v) is 5.08. The van der Waals surface area contributed by atoms with Crippen molar-refractivity contribution in [1.29, 1.82) is 0 Å². The van der Waals surface area contributed by atoms with Crippen LogP contribution in [0, 0.1) is 24.7 Å². The van der Waals surface area contributed by atoms with Crippen LogP contribution in [0.15, 0.2) is 67.3 Å². The maximum atomic E-state index is 13.7. The van der Waals surface area contributed by atoms with Gasteiger partial charge in [0.25, 0.3) is 5.91 Å². The molecule has 3 atom stereocenters. The van der Waals surface area contributed by atoms with E-state index in [4.69, 9.17) is 4.74 Å². The standard InChI is InChI=1S/C24H22F3N5O2.C6H3F4N/c1-14-5-6-18(21-28-8-3-9-29-21)20(31-14)23(33)32-12-16-10-15(16)11-17(32)13-34-22-19(24(25,26)27)4-2-7-30-22;7-5-4(6(8,9)10)2-1-3-11-5/h2-9,15-17H,10-13H2,1H3;1-3H/t15-,16+,17+;/m1./s1. The third-order valence-corrected chi connectivity index (χ3v) is 7.37. The van der Waals surface area contributed by atoms with Crippen LogP contribution in [0.25, 0.3) is 11.4 Å². The number of rotatable bonds is 5. The highest BCUT2D eigenvalue weighted by molar-refractivity contribution is 5.98. The number of fused-ring (bicyclic) bond motifs is 1. The van der Waals surface area contributed by atoms with Crippen LogP contribution in [0.3, 0.4) is 0 Å². The number of alkyl halides is 6. The Morgan fingerprint density at radius 3 is 2.13 bits per heavy atom. The first kappa shape index (κ1) is 31.7. The first-order chi connectivity index (χ1) is 21.3. The maximum absolute atomic E-state index is 13.7. The van der Waals surface area contributed by atoms with Gasteiger partial charge in [-0.15, -0.1) is 0 Å². The topological polar surface area (TPSA) is 94.0 Å². The molecule has 4 aromatic rings. The Bertz CT molecular complexity index is 1650. The van der Waals surface area contributed by atoms with E-state index in [2.05, 4.69) is 24.9 Å². The average Bonchev–Trinajstić information content (AvgIpc) is 3.78. The second-order valence-corrected chi connectivity index (χ2v) is 10.5. The largest absolute Gasteiger partial charge is 0.475 e. The first-order valence-corrected chi connectivity index (χ1v) is 13.7. The molecule has 2 aliphatic rings. The van der Waals surface area contributed by atoms with Gasteiger partial charge in [-0.1, -0.05) is 0 Å². The van der Waals surface area contributed by atoms with E-state index < -0.39 is 41.3 Å². The van der Waals surface area contributed by atoms with Crippen molar-refractivity contribution in [2.75, 3.05) is 13.2 Å². The average molecular weight is 635 g/mol. The van der Waals surface area contributed by atoms with Gasteiger partial charge in [0.05, 0.1) is 11.6 Å². The van der Waals surface area contributed by atoms with E-state index in [0.717, 1.165) is 24.8 Å². The van der Waals surface area contributed by atoms with Gasteiger partial charge in [-0.05, 0) is 74.1 Å². The van der Waals surface area contributed by atoms with Crippen molar-refractivity contribution in [1.82, 2.24) is 29.8 Å². The van der Waals surface area contributed by atoms with Gasteiger partial charge in [-0.2, -0.15) is 30.7 Å². The molecule has 1 saturated heterocycles. The summed E-state index contributed by atoms with van der Waals surface area (Å²) in [4.78, 5) is 35.0. The molecule has 1 aliphatic carbocycles. The Labute approximate surface area is 252 Å². The van der Waals surface area contributed by atoms with Gasteiger partial charge in [0, 0.05) is 37.0 Å². The second kappa shape index (κ2) is 12.7. The molecule has 2 fully saturated rings. The lowest BCUT2D eigenvalue weighted by Gasteiger charge is -2.35. The Kier molecular flexibility index (Phi) is 8.98. The van der Waals surface area contributed by atoms with E-state index in [-0.39, 0.29) is 18.2 Å². The van der Waals surface area contributed by atoms with Gasteiger partial charge in [0.15, 0.2) is 5.82 Å². The minimum absolute atomic E-state index is 0.0853. The summed E-state index contributed by atoms with van der Waals surface area (Å²) in [7, 11) is 0. The van der Waals surface area contributed by atoms with Crippen LogP contribution in [0.2, 0.25) is 0 Å². The Morgan fingerprint density at radius 2 is 1.49 bits per heavy atom. The zero-order valence-electron chi connectivity index (χ0n) is 23.6. The lowest BCUT2D eigenvalue weighted by molar-refractivity contribution is -0.140. The van der Waals surface area contributed by atoms with Crippen molar-refractivity contribution in [2.45, 2.75) is 38.2 Å². The van der Waals surface area contributed by atoms with Crippen LogP contribution in [-0.2, 0) is 12.4 Å². The molecule has 15 heteroatoms. The number of carbonyl (C=O) groups is 1. The molecule has 45 heavy (non-hydrogen) atoms. The first-order valence-electron chi connectivity index (χ1n) is 13.7. The van der Waals surface area contributed by atoms with Gasteiger partial charge in [-0.3, -0.25) is 4.79 Å². The summed E-state index contributed by atoms with van der Waals surface area (Å²) >= 11 is 0. The van der Waals surface area contributed by atoms with E-state index in [1.165, 1.54) is 12.3 Å². The molecule has 0 spiro atoms. The quantitative estimate of drug-likeness (QED) is 0.185. The number of carbonyl (C=O) groups excluding carboxylic acids is 1.